The molecule has 0 unspecified atom stereocenters. The maximum absolute atomic E-state index is 11.6. The number of urea groups is 1. The lowest BCUT2D eigenvalue weighted by atomic mass is 9.89. The van der Waals surface area contributed by atoms with E-state index in [-0.39, 0.29) is 19.0 Å². The third-order valence-electron chi connectivity index (χ3n) is 3.22. The smallest absolute Gasteiger partial charge is 0.317 e. The van der Waals surface area contributed by atoms with E-state index in [1.165, 1.54) is 32.1 Å². The first kappa shape index (κ1) is 13.8. The van der Waals surface area contributed by atoms with Gasteiger partial charge in [0.25, 0.3) is 0 Å². The van der Waals surface area contributed by atoms with Gasteiger partial charge in [-0.3, -0.25) is 4.79 Å². The number of carbonyl (C=O) groups is 2. The highest BCUT2D eigenvalue weighted by Gasteiger charge is 2.17. The second-order valence-electron chi connectivity index (χ2n) is 4.76. The number of nitrogens with zero attached hydrogens (tertiary/aromatic N) is 1. The Labute approximate surface area is 102 Å². The van der Waals surface area contributed by atoms with Gasteiger partial charge in [0, 0.05) is 20.1 Å². The Morgan fingerprint density at radius 1 is 1.29 bits per heavy atom. The van der Waals surface area contributed by atoms with Crippen LogP contribution in [0.4, 0.5) is 4.79 Å². The van der Waals surface area contributed by atoms with Crippen LogP contribution >= 0.6 is 0 Å². The minimum absolute atomic E-state index is 0.0248. The highest BCUT2D eigenvalue weighted by Crippen LogP contribution is 2.23. The third kappa shape index (κ3) is 5.56. The molecule has 0 aromatic heterocycles. The van der Waals surface area contributed by atoms with E-state index in [0.717, 1.165) is 6.54 Å². The van der Waals surface area contributed by atoms with Crippen LogP contribution in [0.5, 0.6) is 0 Å². The van der Waals surface area contributed by atoms with Gasteiger partial charge in [0.2, 0.25) is 0 Å². The predicted octanol–water partition coefficient (Wildman–Crippen LogP) is 1.68. The average molecular weight is 242 g/mol. The maximum Gasteiger partial charge on any atom is 0.317 e. The minimum atomic E-state index is -0.889. The molecule has 1 aliphatic carbocycles. The maximum atomic E-state index is 11.6. The van der Waals surface area contributed by atoms with Gasteiger partial charge in [0.15, 0.2) is 0 Å². The molecule has 0 spiro atoms. The number of hydrogen-bond acceptors (Lipinski definition) is 2. The number of nitrogens with one attached hydrogen (secondary N) is 1. The van der Waals surface area contributed by atoms with Crippen molar-refractivity contribution < 1.29 is 14.7 Å². The Morgan fingerprint density at radius 3 is 2.53 bits per heavy atom. The lowest BCUT2D eigenvalue weighted by Crippen LogP contribution is -2.40. The molecule has 0 aromatic rings. The average Bonchev–Trinajstić information content (AvgIpc) is 2.29. The quantitative estimate of drug-likeness (QED) is 0.770. The van der Waals surface area contributed by atoms with Crippen molar-refractivity contribution in [3.8, 4) is 0 Å². The third-order valence-corrected chi connectivity index (χ3v) is 3.22. The lowest BCUT2D eigenvalue weighted by molar-refractivity contribution is -0.136. The van der Waals surface area contributed by atoms with Crippen molar-refractivity contribution in [2.24, 2.45) is 5.92 Å². The fourth-order valence-electron chi connectivity index (χ4n) is 2.25. The van der Waals surface area contributed by atoms with Crippen LogP contribution < -0.4 is 5.32 Å². The van der Waals surface area contributed by atoms with E-state index in [1.807, 2.05) is 0 Å². The van der Waals surface area contributed by atoms with Gasteiger partial charge in [-0.2, -0.15) is 0 Å². The summed E-state index contributed by atoms with van der Waals surface area (Å²) in [5, 5.41) is 11.1. The topological polar surface area (TPSA) is 69.6 Å². The molecular formula is C12H22N2O3. The molecule has 0 aromatic carbocycles. The summed E-state index contributed by atoms with van der Waals surface area (Å²) in [7, 11) is 1.77. The van der Waals surface area contributed by atoms with Crippen LogP contribution in [0.3, 0.4) is 0 Å². The molecule has 5 heteroatoms. The molecule has 1 rings (SSSR count). The van der Waals surface area contributed by atoms with E-state index in [4.69, 9.17) is 5.11 Å². The molecule has 0 saturated heterocycles. The van der Waals surface area contributed by atoms with Gasteiger partial charge >= 0.3 is 12.0 Å². The first-order valence-corrected chi connectivity index (χ1v) is 6.30. The molecule has 0 bridgehead atoms. The van der Waals surface area contributed by atoms with Crippen LogP contribution in [0.2, 0.25) is 0 Å². The van der Waals surface area contributed by atoms with Gasteiger partial charge in [0.05, 0.1) is 6.42 Å². The van der Waals surface area contributed by atoms with E-state index in [1.54, 1.807) is 11.9 Å². The van der Waals surface area contributed by atoms with E-state index in [9.17, 15) is 9.59 Å². The molecule has 0 atom stereocenters. The van der Waals surface area contributed by atoms with E-state index < -0.39 is 5.97 Å². The standard InChI is InChI=1S/C12H22N2O3/c1-14(9-10-5-3-2-4-6-10)12(17)13-8-7-11(15)16/h10H,2-9H2,1H3,(H,13,17)(H,15,16). The molecule has 98 valence electrons. The Morgan fingerprint density at radius 2 is 1.94 bits per heavy atom. The number of carbonyl (C=O) groups excluding carboxylic acids is 1. The monoisotopic (exact) mass is 242 g/mol. The van der Waals surface area contributed by atoms with Gasteiger partial charge in [-0.15, -0.1) is 0 Å². The van der Waals surface area contributed by atoms with Crippen LogP contribution in [0.1, 0.15) is 38.5 Å². The fraction of sp³-hybridized carbons (Fsp3) is 0.833. The molecule has 0 heterocycles. The summed E-state index contributed by atoms with van der Waals surface area (Å²) < 4.78 is 0. The number of hydrogen-bond donors (Lipinski definition) is 2. The largest absolute Gasteiger partial charge is 0.481 e. The molecule has 5 nitrogen and oxygen atoms in total. The molecule has 1 fully saturated rings. The van der Waals surface area contributed by atoms with Crippen molar-refractivity contribution in [2.45, 2.75) is 38.5 Å². The SMILES string of the molecule is CN(CC1CCCCC1)C(=O)NCCC(=O)O. The van der Waals surface area contributed by atoms with Crippen LogP contribution in [-0.4, -0.2) is 42.1 Å². The summed E-state index contributed by atoms with van der Waals surface area (Å²) in [6.07, 6.45) is 6.21. The molecule has 0 aliphatic heterocycles. The highest BCUT2D eigenvalue weighted by molar-refractivity contribution is 5.74. The van der Waals surface area contributed by atoms with Crippen molar-refractivity contribution in [1.29, 1.82) is 0 Å². The van der Waals surface area contributed by atoms with Gasteiger partial charge in [-0.25, -0.2) is 4.79 Å². The van der Waals surface area contributed by atoms with Crippen LogP contribution in [-0.2, 0) is 4.79 Å². The second-order valence-corrected chi connectivity index (χ2v) is 4.76. The van der Waals surface area contributed by atoms with Gasteiger partial charge in [0.1, 0.15) is 0 Å². The number of carboxylic acids is 1. The summed E-state index contributed by atoms with van der Waals surface area (Å²) >= 11 is 0. The highest BCUT2D eigenvalue weighted by atomic mass is 16.4. The van der Waals surface area contributed by atoms with E-state index in [0.29, 0.717) is 5.92 Å². The number of rotatable bonds is 5. The number of carboxylic acid groups (broad SMARTS) is 1. The normalized spacial score (nSPS) is 16.5. The van der Waals surface area contributed by atoms with Crippen LogP contribution in [0.25, 0.3) is 0 Å². The first-order valence-electron chi connectivity index (χ1n) is 6.30. The minimum Gasteiger partial charge on any atom is -0.481 e. The predicted molar refractivity (Wildman–Crippen MR) is 64.9 cm³/mol. The first-order chi connectivity index (χ1) is 8.09. The zero-order valence-corrected chi connectivity index (χ0v) is 10.4. The molecular weight excluding hydrogens is 220 g/mol. The molecule has 2 N–H and O–H groups in total. The van der Waals surface area contributed by atoms with Crippen LogP contribution in [0, 0.1) is 5.92 Å². The molecule has 17 heavy (non-hydrogen) atoms. The second kappa shape index (κ2) is 7.14. The zero-order valence-electron chi connectivity index (χ0n) is 10.4. The van der Waals surface area contributed by atoms with E-state index in [2.05, 4.69) is 5.32 Å². The zero-order chi connectivity index (χ0) is 12.7. The molecule has 1 aliphatic rings. The summed E-state index contributed by atoms with van der Waals surface area (Å²) in [5.74, 6) is -0.279. The molecule has 0 radical (unpaired) electrons. The summed E-state index contributed by atoms with van der Waals surface area (Å²) in [5.41, 5.74) is 0. The van der Waals surface area contributed by atoms with Crippen molar-refractivity contribution in [1.82, 2.24) is 10.2 Å². The summed E-state index contributed by atoms with van der Waals surface area (Å²) in [6, 6.07) is -0.170. The van der Waals surface area contributed by atoms with Crippen molar-refractivity contribution >= 4 is 12.0 Å². The number of amides is 2. The van der Waals surface area contributed by atoms with Gasteiger partial charge in [-0.1, -0.05) is 19.3 Å². The Balaban J connectivity index is 2.18. The summed E-state index contributed by atoms with van der Waals surface area (Å²) in [4.78, 5) is 23.6. The Hall–Kier alpha value is -1.26. The van der Waals surface area contributed by atoms with E-state index >= 15 is 0 Å². The molecule has 2 amide bonds. The van der Waals surface area contributed by atoms with Crippen molar-refractivity contribution in [3.05, 3.63) is 0 Å². The Bertz CT molecular complexity index is 262. The van der Waals surface area contributed by atoms with Crippen molar-refractivity contribution in [2.75, 3.05) is 20.1 Å². The summed E-state index contributed by atoms with van der Waals surface area (Å²) in [6.45, 7) is 0.974. The number of aliphatic carboxylic acids is 1. The van der Waals surface area contributed by atoms with Crippen LogP contribution in [0.15, 0.2) is 0 Å². The van der Waals surface area contributed by atoms with Gasteiger partial charge in [-0.05, 0) is 18.8 Å². The fourth-order valence-corrected chi connectivity index (χ4v) is 2.25. The lowest BCUT2D eigenvalue weighted by Gasteiger charge is -2.27. The Kier molecular flexibility index (Phi) is 5.80. The van der Waals surface area contributed by atoms with Crippen molar-refractivity contribution in [3.63, 3.8) is 0 Å². The molecule has 1 saturated carbocycles. The van der Waals surface area contributed by atoms with Gasteiger partial charge < -0.3 is 15.3 Å².